The van der Waals surface area contributed by atoms with Crippen molar-refractivity contribution in [2.75, 3.05) is 6.61 Å². The Morgan fingerprint density at radius 1 is 1.10 bits per heavy atom. The van der Waals surface area contributed by atoms with Gasteiger partial charge in [0.25, 0.3) is 0 Å². The van der Waals surface area contributed by atoms with Crippen LogP contribution < -0.4 is 4.74 Å². The highest BCUT2D eigenvalue weighted by Gasteiger charge is 2.12. The second-order valence-electron chi connectivity index (χ2n) is 5.07. The van der Waals surface area contributed by atoms with Crippen molar-refractivity contribution in [1.29, 1.82) is 0 Å². The second kappa shape index (κ2) is 8.51. The number of allylic oxidation sites excluding steroid dienone is 2. The third-order valence-electron chi connectivity index (χ3n) is 3.66. The zero-order valence-electron chi connectivity index (χ0n) is 13.5. The Balaban J connectivity index is 3.32. The van der Waals surface area contributed by atoms with E-state index >= 15 is 0 Å². The van der Waals surface area contributed by atoms with Crippen LogP contribution in [0, 0.1) is 6.92 Å². The Kier molecular flexibility index (Phi) is 7.36. The fourth-order valence-corrected chi connectivity index (χ4v) is 3.18. The molecule has 0 aliphatic heterocycles. The first-order valence-corrected chi connectivity index (χ1v) is 8.52. The van der Waals surface area contributed by atoms with E-state index in [0.717, 1.165) is 23.1 Å². The lowest BCUT2D eigenvalue weighted by Crippen LogP contribution is -1.98. The molecule has 0 bridgehead atoms. The number of hydrogen-bond acceptors (Lipinski definition) is 1. The van der Waals surface area contributed by atoms with Crippen molar-refractivity contribution < 1.29 is 4.74 Å². The summed E-state index contributed by atoms with van der Waals surface area (Å²) in [5, 5.41) is 0. The molecule has 0 amide bonds. The topological polar surface area (TPSA) is 9.23 Å². The molecule has 0 heterocycles. The normalized spacial score (nSPS) is 12.3. The van der Waals surface area contributed by atoms with Gasteiger partial charge in [-0.3, -0.25) is 0 Å². The van der Waals surface area contributed by atoms with Crippen LogP contribution in [0.25, 0.3) is 5.57 Å². The van der Waals surface area contributed by atoms with Crippen molar-refractivity contribution in [1.82, 2.24) is 0 Å². The largest absolute Gasteiger partial charge is 0.493 e. The van der Waals surface area contributed by atoms with Crippen LogP contribution in [-0.4, -0.2) is 6.61 Å². The van der Waals surface area contributed by atoms with Crippen molar-refractivity contribution in [3.05, 3.63) is 33.3 Å². The van der Waals surface area contributed by atoms with Gasteiger partial charge in [0.15, 0.2) is 0 Å². The summed E-state index contributed by atoms with van der Waals surface area (Å²) < 4.78 is 6.71. The van der Waals surface area contributed by atoms with Gasteiger partial charge in [-0.1, -0.05) is 32.8 Å². The third kappa shape index (κ3) is 4.12. The van der Waals surface area contributed by atoms with Gasteiger partial charge in [0.05, 0.1) is 11.1 Å². The molecule has 2 heteroatoms. The minimum atomic E-state index is 0.698. The number of halogens is 1. The van der Waals surface area contributed by atoms with Crippen LogP contribution in [0.1, 0.15) is 64.5 Å². The zero-order chi connectivity index (χ0) is 15.1. The maximum absolute atomic E-state index is 5.66. The summed E-state index contributed by atoms with van der Waals surface area (Å²) in [7, 11) is 0. The maximum atomic E-state index is 5.66. The average molecular weight is 339 g/mol. The van der Waals surface area contributed by atoms with E-state index in [9.17, 15) is 0 Å². The minimum absolute atomic E-state index is 0.698. The van der Waals surface area contributed by atoms with Gasteiger partial charge in [0.1, 0.15) is 5.75 Å². The Bertz CT molecular complexity index is 475. The molecule has 0 N–H and O–H groups in total. The van der Waals surface area contributed by atoms with Crippen molar-refractivity contribution in [3.8, 4) is 5.75 Å². The lowest BCUT2D eigenvalue weighted by molar-refractivity contribution is 0.338. The lowest BCUT2D eigenvalue weighted by Gasteiger charge is -2.17. The van der Waals surface area contributed by atoms with Gasteiger partial charge in [-0.15, -0.1) is 0 Å². The molecule has 1 rings (SSSR count). The number of benzene rings is 1. The first-order valence-electron chi connectivity index (χ1n) is 7.73. The van der Waals surface area contributed by atoms with Gasteiger partial charge in [-0.25, -0.2) is 0 Å². The Labute approximate surface area is 132 Å². The van der Waals surface area contributed by atoms with Gasteiger partial charge in [0.2, 0.25) is 0 Å². The van der Waals surface area contributed by atoms with Crippen LogP contribution in [0.15, 0.2) is 22.2 Å². The van der Waals surface area contributed by atoms with E-state index in [0.29, 0.717) is 6.61 Å². The summed E-state index contributed by atoms with van der Waals surface area (Å²) >= 11 is 3.64. The molecule has 1 aromatic carbocycles. The molecule has 0 aromatic heterocycles. The van der Waals surface area contributed by atoms with Crippen LogP contribution in [0.5, 0.6) is 5.75 Å². The lowest BCUT2D eigenvalue weighted by atomic mass is 9.91. The van der Waals surface area contributed by atoms with Crippen LogP contribution >= 0.6 is 15.9 Å². The van der Waals surface area contributed by atoms with Crippen molar-refractivity contribution >= 4 is 21.5 Å². The number of aryl methyl sites for hydroxylation is 1. The Morgan fingerprint density at radius 3 is 2.30 bits per heavy atom. The summed E-state index contributed by atoms with van der Waals surface area (Å²) in [6.07, 6.45) is 4.64. The molecular formula is C18H27BrO. The van der Waals surface area contributed by atoms with Gasteiger partial charge < -0.3 is 4.74 Å². The predicted octanol–water partition coefficient (Wildman–Crippen LogP) is 6.53. The molecule has 0 radical (unpaired) electrons. The third-order valence-corrected chi connectivity index (χ3v) is 4.28. The molecular weight excluding hydrogens is 312 g/mol. The summed E-state index contributed by atoms with van der Waals surface area (Å²) in [6.45, 7) is 11.7. The smallest absolute Gasteiger partial charge is 0.133 e. The molecule has 0 saturated heterocycles. The summed E-state index contributed by atoms with van der Waals surface area (Å²) in [5.41, 5.74) is 5.77. The van der Waals surface area contributed by atoms with Crippen LogP contribution in [-0.2, 0) is 0 Å². The molecule has 0 spiro atoms. The number of ether oxygens (including phenoxy) is 1. The van der Waals surface area contributed by atoms with E-state index in [1.54, 1.807) is 5.57 Å². The quantitative estimate of drug-likeness (QED) is 0.549. The van der Waals surface area contributed by atoms with E-state index in [4.69, 9.17) is 4.74 Å². The summed E-state index contributed by atoms with van der Waals surface area (Å²) in [4.78, 5) is 0. The van der Waals surface area contributed by atoms with Gasteiger partial charge in [0, 0.05) is 0 Å². The van der Waals surface area contributed by atoms with Crippen LogP contribution in [0.3, 0.4) is 0 Å². The summed E-state index contributed by atoms with van der Waals surface area (Å²) in [6, 6.07) is 4.38. The number of rotatable bonds is 7. The molecule has 1 aromatic rings. The van der Waals surface area contributed by atoms with E-state index in [1.165, 1.54) is 29.5 Å². The molecule has 1 nitrogen and oxygen atoms in total. The van der Waals surface area contributed by atoms with E-state index in [1.807, 2.05) is 6.92 Å². The first-order chi connectivity index (χ1) is 9.58. The van der Waals surface area contributed by atoms with Gasteiger partial charge in [-0.05, 0) is 77.9 Å². The Hall–Kier alpha value is -0.760. The Morgan fingerprint density at radius 2 is 1.80 bits per heavy atom. The molecule has 112 valence electrons. The zero-order valence-corrected chi connectivity index (χ0v) is 15.1. The molecule has 0 atom stereocenters. The molecule has 20 heavy (non-hydrogen) atoms. The van der Waals surface area contributed by atoms with Crippen molar-refractivity contribution in [2.45, 2.75) is 60.3 Å². The molecule has 0 saturated carbocycles. The fourth-order valence-electron chi connectivity index (χ4n) is 2.72. The summed E-state index contributed by atoms with van der Waals surface area (Å²) in [5.74, 6) is 0.942. The average Bonchev–Trinajstić information content (AvgIpc) is 2.43. The molecule has 0 unspecified atom stereocenters. The van der Waals surface area contributed by atoms with Gasteiger partial charge in [-0.2, -0.15) is 0 Å². The fraction of sp³-hybridized carbons (Fsp3) is 0.556. The SMILES string of the molecule is CCC/C(CC)=C(\CC)c1cc(Br)c(OCC)cc1C. The van der Waals surface area contributed by atoms with E-state index < -0.39 is 0 Å². The first kappa shape index (κ1) is 17.3. The monoisotopic (exact) mass is 338 g/mol. The molecule has 0 aliphatic rings. The van der Waals surface area contributed by atoms with E-state index in [2.05, 4.69) is 55.8 Å². The minimum Gasteiger partial charge on any atom is -0.493 e. The maximum Gasteiger partial charge on any atom is 0.133 e. The highest BCUT2D eigenvalue weighted by atomic mass is 79.9. The van der Waals surface area contributed by atoms with Crippen molar-refractivity contribution in [3.63, 3.8) is 0 Å². The second-order valence-corrected chi connectivity index (χ2v) is 5.92. The molecule has 0 fully saturated rings. The predicted molar refractivity (Wildman–Crippen MR) is 92.5 cm³/mol. The standard InChI is InChI=1S/C18H27BrO/c1-6-10-14(7-2)15(8-3)16-12-17(19)18(20-9-4)11-13(16)5/h11-12H,6-10H2,1-5H3/b15-14+. The highest BCUT2D eigenvalue weighted by Crippen LogP contribution is 2.35. The van der Waals surface area contributed by atoms with Crippen LogP contribution in [0.4, 0.5) is 0 Å². The van der Waals surface area contributed by atoms with Gasteiger partial charge >= 0.3 is 0 Å². The van der Waals surface area contributed by atoms with Crippen molar-refractivity contribution in [2.24, 2.45) is 0 Å². The van der Waals surface area contributed by atoms with Crippen LogP contribution in [0.2, 0.25) is 0 Å². The highest BCUT2D eigenvalue weighted by molar-refractivity contribution is 9.10. The van der Waals surface area contributed by atoms with E-state index in [-0.39, 0.29) is 0 Å². The molecule has 0 aliphatic carbocycles. The number of hydrogen-bond donors (Lipinski definition) is 0.